The van der Waals surface area contributed by atoms with Crippen molar-refractivity contribution < 1.29 is 4.52 Å². The summed E-state index contributed by atoms with van der Waals surface area (Å²) in [6.45, 7) is 5.97. The van der Waals surface area contributed by atoms with E-state index in [4.69, 9.17) is 4.52 Å². The fraction of sp³-hybridized carbons (Fsp3) is 0.875. The van der Waals surface area contributed by atoms with Crippen LogP contribution < -0.4 is 5.32 Å². The van der Waals surface area contributed by atoms with Gasteiger partial charge >= 0.3 is 0 Å². The third-order valence-corrected chi connectivity index (χ3v) is 5.17. The maximum Gasteiger partial charge on any atom is 0.229 e. The summed E-state index contributed by atoms with van der Waals surface area (Å²) in [5.74, 6) is 3.72. The average molecular weight is 327 g/mol. The van der Waals surface area contributed by atoms with Crippen molar-refractivity contribution in [2.45, 2.75) is 50.4 Å². The van der Waals surface area contributed by atoms with Gasteiger partial charge in [0.15, 0.2) is 5.82 Å². The molecule has 2 atom stereocenters. The lowest BCUT2D eigenvalue weighted by Crippen LogP contribution is -2.42. The standard InChI is InChI=1S/C16H26N4O.ClH/c1-3-12(9-17-7-1)10-20-8-2-4-14(11-20)15-18-16(21-19-15)13-5-6-13;/h12-14,17H,1-11H2;1H. The van der Waals surface area contributed by atoms with E-state index >= 15 is 0 Å². The van der Waals surface area contributed by atoms with E-state index in [0.29, 0.717) is 11.8 Å². The minimum atomic E-state index is 0. The monoisotopic (exact) mass is 326 g/mol. The summed E-state index contributed by atoms with van der Waals surface area (Å²) in [7, 11) is 0. The Labute approximate surface area is 138 Å². The number of likely N-dealkylation sites (tertiary alicyclic amines) is 1. The Hall–Kier alpha value is -0.650. The topological polar surface area (TPSA) is 54.2 Å². The van der Waals surface area contributed by atoms with E-state index in [0.717, 1.165) is 24.2 Å². The Morgan fingerprint density at radius 2 is 2.05 bits per heavy atom. The van der Waals surface area contributed by atoms with Gasteiger partial charge in [0.25, 0.3) is 0 Å². The van der Waals surface area contributed by atoms with Crippen LogP contribution in [0.3, 0.4) is 0 Å². The number of halogens is 1. The highest BCUT2D eigenvalue weighted by atomic mass is 35.5. The van der Waals surface area contributed by atoms with Crippen LogP contribution in [0.15, 0.2) is 4.52 Å². The molecule has 3 aliphatic rings. The molecule has 1 aromatic heterocycles. The van der Waals surface area contributed by atoms with Crippen molar-refractivity contribution in [3.8, 4) is 0 Å². The number of nitrogens with one attached hydrogen (secondary N) is 1. The molecule has 1 aliphatic carbocycles. The molecule has 1 saturated carbocycles. The second-order valence-electron chi connectivity index (χ2n) is 7.08. The molecule has 22 heavy (non-hydrogen) atoms. The highest BCUT2D eigenvalue weighted by molar-refractivity contribution is 5.85. The zero-order valence-electron chi connectivity index (χ0n) is 13.2. The van der Waals surface area contributed by atoms with Crippen LogP contribution >= 0.6 is 12.4 Å². The van der Waals surface area contributed by atoms with Gasteiger partial charge in [0.05, 0.1) is 0 Å². The first-order valence-electron chi connectivity index (χ1n) is 8.65. The second kappa shape index (κ2) is 7.28. The maximum absolute atomic E-state index is 5.44. The predicted octanol–water partition coefficient (Wildman–Crippen LogP) is 2.55. The fourth-order valence-electron chi connectivity index (χ4n) is 3.79. The van der Waals surface area contributed by atoms with Crippen molar-refractivity contribution in [1.29, 1.82) is 0 Å². The molecule has 124 valence electrons. The molecule has 4 rings (SSSR count). The lowest BCUT2D eigenvalue weighted by molar-refractivity contribution is 0.162. The van der Waals surface area contributed by atoms with E-state index in [1.165, 1.54) is 64.7 Å². The van der Waals surface area contributed by atoms with E-state index in [1.807, 2.05) is 0 Å². The molecule has 0 spiro atoms. The summed E-state index contributed by atoms with van der Waals surface area (Å²) in [5, 5.41) is 7.78. The van der Waals surface area contributed by atoms with Crippen molar-refractivity contribution in [2.24, 2.45) is 5.92 Å². The van der Waals surface area contributed by atoms with Crippen LogP contribution in [0, 0.1) is 5.92 Å². The summed E-state index contributed by atoms with van der Waals surface area (Å²) in [6, 6.07) is 0. The van der Waals surface area contributed by atoms with Gasteiger partial charge in [-0.25, -0.2) is 0 Å². The van der Waals surface area contributed by atoms with Gasteiger partial charge in [-0.15, -0.1) is 12.4 Å². The zero-order valence-corrected chi connectivity index (χ0v) is 14.0. The molecule has 2 saturated heterocycles. The van der Waals surface area contributed by atoms with Gasteiger partial charge in [-0.1, -0.05) is 5.16 Å². The van der Waals surface area contributed by atoms with Crippen molar-refractivity contribution in [3.05, 3.63) is 11.7 Å². The largest absolute Gasteiger partial charge is 0.339 e. The van der Waals surface area contributed by atoms with Crippen LogP contribution in [0.2, 0.25) is 0 Å². The van der Waals surface area contributed by atoms with Crippen LogP contribution in [-0.2, 0) is 0 Å². The minimum Gasteiger partial charge on any atom is -0.339 e. The molecule has 0 amide bonds. The molecule has 1 aromatic rings. The van der Waals surface area contributed by atoms with Gasteiger partial charge in [-0.3, -0.25) is 0 Å². The molecule has 5 nitrogen and oxygen atoms in total. The SMILES string of the molecule is C1CNCC(CN2CCCC(c3noc(C4CC4)n3)C2)C1.Cl. The lowest BCUT2D eigenvalue weighted by Gasteiger charge is -2.35. The van der Waals surface area contributed by atoms with E-state index in [2.05, 4.69) is 20.4 Å². The Morgan fingerprint density at radius 3 is 2.82 bits per heavy atom. The minimum absolute atomic E-state index is 0. The number of nitrogens with zero attached hydrogens (tertiary/aromatic N) is 3. The predicted molar refractivity (Wildman–Crippen MR) is 87.5 cm³/mol. The number of rotatable bonds is 4. The van der Waals surface area contributed by atoms with E-state index in [9.17, 15) is 0 Å². The van der Waals surface area contributed by atoms with Crippen molar-refractivity contribution in [2.75, 3.05) is 32.7 Å². The maximum atomic E-state index is 5.44. The summed E-state index contributed by atoms with van der Waals surface area (Å²) in [6.07, 6.45) is 7.64. The van der Waals surface area contributed by atoms with Gasteiger partial charge in [-0.2, -0.15) is 4.98 Å². The number of hydrogen-bond acceptors (Lipinski definition) is 5. The fourth-order valence-corrected chi connectivity index (χ4v) is 3.79. The van der Waals surface area contributed by atoms with E-state index in [1.54, 1.807) is 0 Å². The Balaban J connectivity index is 0.00000144. The third kappa shape index (κ3) is 3.81. The zero-order chi connectivity index (χ0) is 14.1. The first-order chi connectivity index (χ1) is 10.4. The summed E-state index contributed by atoms with van der Waals surface area (Å²) in [4.78, 5) is 7.28. The number of hydrogen-bond donors (Lipinski definition) is 1. The molecular weight excluding hydrogens is 300 g/mol. The molecule has 0 aromatic carbocycles. The third-order valence-electron chi connectivity index (χ3n) is 5.17. The summed E-state index contributed by atoms with van der Waals surface area (Å²) in [5.41, 5.74) is 0. The molecule has 1 N–H and O–H groups in total. The quantitative estimate of drug-likeness (QED) is 0.921. The Kier molecular flexibility index (Phi) is 5.37. The molecule has 2 aliphatic heterocycles. The number of aromatic nitrogens is 2. The van der Waals surface area contributed by atoms with E-state index in [-0.39, 0.29) is 12.4 Å². The molecule has 3 heterocycles. The Bertz CT molecular complexity index is 470. The average Bonchev–Trinajstić information content (AvgIpc) is 3.26. The van der Waals surface area contributed by atoms with Gasteiger partial charge in [0, 0.05) is 24.9 Å². The normalized spacial score (nSPS) is 30.0. The highest BCUT2D eigenvalue weighted by Gasteiger charge is 2.32. The molecule has 2 unspecified atom stereocenters. The van der Waals surface area contributed by atoms with E-state index < -0.39 is 0 Å². The molecule has 6 heteroatoms. The second-order valence-corrected chi connectivity index (χ2v) is 7.08. The van der Waals surface area contributed by atoms with Gasteiger partial charge in [0.2, 0.25) is 5.89 Å². The van der Waals surface area contributed by atoms with Crippen LogP contribution in [-0.4, -0.2) is 47.8 Å². The van der Waals surface area contributed by atoms with Crippen molar-refractivity contribution in [1.82, 2.24) is 20.4 Å². The molecule has 0 bridgehead atoms. The molecule has 3 fully saturated rings. The van der Waals surface area contributed by atoms with Crippen molar-refractivity contribution in [3.63, 3.8) is 0 Å². The van der Waals surface area contributed by atoms with Gasteiger partial charge in [-0.05, 0) is 64.1 Å². The van der Waals surface area contributed by atoms with Gasteiger partial charge < -0.3 is 14.7 Å². The smallest absolute Gasteiger partial charge is 0.229 e. The van der Waals surface area contributed by atoms with Crippen LogP contribution in [0.25, 0.3) is 0 Å². The van der Waals surface area contributed by atoms with Crippen molar-refractivity contribution >= 4 is 12.4 Å². The molecule has 0 radical (unpaired) electrons. The van der Waals surface area contributed by atoms with Crippen LogP contribution in [0.1, 0.15) is 62.1 Å². The van der Waals surface area contributed by atoms with Gasteiger partial charge in [0.1, 0.15) is 0 Å². The summed E-state index contributed by atoms with van der Waals surface area (Å²) >= 11 is 0. The highest BCUT2D eigenvalue weighted by Crippen LogP contribution is 2.39. The van der Waals surface area contributed by atoms with Crippen LogP contribution in [0.5, 0.6) is 0 Å². The first kappa shape index (κ1) is 16.2. The lowest BCUT2D eigenvalue weighted by atomic mass is 9.94. The Morgan fingerprint density at radius 1 is 1.14 bits per heavy atom. The number of piperidine rings is 2. The molecular formula is C16H27ClN4O. The summed E-state index contributed by atoms with van der Waals surface area (Å²) < 4.78 is 5.44. The van der Waals surface area contributed by atoms with Crippen LogP contribution in [0.4, 0.5) is 0 Å². The first-order valence-corrected chi connectivity index (χ1v) is 8.65.